The number of ether oxygens (including phenoxy) is 1. The summed E-state index contributed by atoms with van der Waals surface area (Å²) in [5, 5.41) is 3.07. The van der Waals surface area contributed by atoms with E-state index >= 15 is 0 Å². The fourth-order valence-electron chi connectivity index (χ4n) is 3.60. The van der Waals surface area contributed by atoms with E-state index < -0.39 is 0 Å². The SMILES string of the molecule is CCOCC1(CNC(=O)[C@H]2CC(=O)N(Cc3cccnc3)C2)CCC1. The molecule has 0 unspecified atom stereocenters. The van der Waals surface area contributed by atoms with Gasteiger partial charge in [0.15, 0.2) is 0 Å². The summed E-state index contributed by atoms with van der Waals surface area (Å²) in [6, 6.07) is 3.80. The Morgan fingerprint density at radius 2 is 2.32 bits per heavy atom. The van der Waals surface area contributed by atoms with Gasteiger partial charge in [0.25, 0.3) is 0 Å². The van der Waals surface area contributed by atoms with E-state index in [-0.39, 0.29) is 23.1 Å². The van der Waals surface area contributed by atoms with Crippen LogP contribution in [0.2, 0.25) is 0 Å². The average Bonchev–Trinajstić information content (AvgIpc) is 2.95. The summed E-state index contributed by atoms with van der Waals surface area (Å²) in [5.74, 6) is -0.227. The molecule has 0 spiro atoms. The first-order chi connectivity index (χ1) is 12.1. The smallest absolute Gasteiger partial charge is 0.225 e. The van der Waals surface area contributed by atoms with E-state index in [0.29, 0.717) is 39.3 Å². The lowest BCUT2D eigenvalue weighted by Crippen LogP contribution is -2.46. The number of hydrogen-bond acceptors (Lipinski definition) is 4. The predicted octanol–water partition coefficient (Wildman–Crippen LogP) is 1.75. The van der Waals surface area contributed by atoms with Crippen molar-refractivity contribution in [3.63, 3.8) is 0 Å². The van der Waals surface area contributed by atoms with Crippen LogP contribution >= 0.6 is 0 Å². The molecule has 2 heterocycles. The van der Waals surface area contributed by atoms with Crippen LogP contribution in [0.25, 0.3) is 0 Å². The van der Waals surface area contributed by atoms with E-state index in [1.807, 2.05) is 19.1 Å². The van der Waals surface area contributed by atoms with Gasteiger partial charge < -0.3 is 15.0 Å². The molecule has 1 aromatic rings. The number of amides is 2. The van der Waals surface area contributed by atoms with Gasteiger partial charge in [0.2, 0.25) is 11.8 Å². The Balaban J connectivity index is 1.49. The number of carbonyl (C=O) groups is 2. The monoisotopic (exact) mass is 345 g/mol. The number of nitrogens with zero attached hydrogens (tertiary/aromatic N) is 2. The third-order valence-electron chi connectivity index (χ3n) is 5.35. The average molecular weight is 345 g/mol. The maximum Gasteiger partial charge on any atom is 0.225 e. The number of nitrogens with one attached hydrogen (secondary N) is 1. The van der Waals surface area contributed by atoms with E-state index in [2.05, 4.69) is 10.3 Å². The molecule has 0 aromatic carbocycles. The van der Waals surface area contributed by atoms with Crippen molar-refractivity contribution < 1.29 is 14.3 Å². The van der Waals surface area contributed by atoms with Gasteiger partial charge in [-0.15, -0.1) is 0 Å². The predicted molar refractivity (Wildman–Crippen MR) is 93.5 cm³/mol. The number of carbonyl (C=O) groups excluding carboxylic acids is 2. The van der Waals surface area contributed by atoms with Crippen LogP contribution in [0.4, 0.5) is 0 Å². The number of pyridine rings is 1. The maximum atomic E-state index is 12.5. The largest absolute Gasteiger partial charge is 0.381 e. The molecular formula is C19H27N3O3. The fraction of sp³-hybridized carbons (Fsp3) is 0.632. The molecule has 0 bridgehead atoms. The minimum Gasteiger partial charge on any atom is -0.381 e. The second-order valence-corrected chi connectivity index (χ2v) is 7.25. The standard InChI is InChI=1S/C19H27N3O3/c1-2-25-14-19(6-4-7-19)13-21-18(24)16-9-17(23)22(12-16)11-15-5-3-8-20-10-15/h3,5,8,10,16H,2,4,6-7,9,11-14H2,1H3,(H,21,24)/t16-/m0/s1. The van der Waals surface area contributed by atoms with Crippen LogP contribution in [-0.2, 0) is 20.9 Å². The Morgan fingerprint density at radius 1 is 1.48 bits per heavy atom. The Labute approximate surface area is 148 Å². The lowest BCUT2D eigenvalue weighted by Gasteiger charge is -2.41. The van der Waals surface area contributed by atoms with Crippen LogP contribution in [0.3, 0.4) is 0 Å². The lowest BCUT2D eigenvalue weighted by molar-refractivity contribution is -0.129. The first-order valence-corrected chi connectivity index (χ1v) is 9.14. The number of aromatic nitrogens is 1. The summed E-state index contributed by atoms with van der Waals surface area (Å²) < 4.78 is 5.58. The highest BCUT2D eigenvalue weighted by molar-refractivity contribution is 5.89. The van der Waals surface area contributed by atoms with Gasteiger partial charge in [0.1, 0.15) is 0 Å². The molecule has 136 valence electrons. The molecule has 1 aromatic heterocycles. The Morgan fingerprint density at radius 3 is 2.96 bits per heavy atom. The van der Waals surface area contributed by atoms with Crippen molar-refractivity contribution in [3.8, 4) is 0 Å². The molecular weight excluding hydrogens is 318 g/mol. The lowest BCUT2D eigenvalue weighted by atomic mass is 9.69. The highest BCUT2D eigenvalue weighted by Gasteiger charge is 2.39. The summed E-state index contributed by atoms with van der Waals surface area (Å²) in [7, 11) is 0. The molecule has 0 radical (unpaired) electrons. The minimum absolute atomic E-state index is 0.00944. The Kier molecular flexibility index (Phi) is 5.68. The quantitative estimate of drug-likeness (QED) is 0.779. The molecule has 1 atom stereocenters. The zero-order valence-electron chi connectivity index (χ0n) is 14.9. The fourth-order valence-corrected chi connectivity index (χ4v) is 3.60. The van der Waals surface area contributed by atoms with Crippen molar-refractivity contribution >= 4 is 11.8 Å². The molecule has 2 aliphatic rings. The van der Waals surface area contributed by atoms with Gasteiger partial charge in [-0.25, -0.2) is 0 Å². The Bertz CT molecular complexity index is 601. The van der Waals surface area contributed by atoms with Crippen molar-refractivity contribution in [2.24, 2.45) is 11.3 Å². The van der Waals surface area contributed by atoms with Crippen LogP contribution in [0.5, 0.6) is 0 Å². The van der Waals surface area contributed by atoms with Crippen molar-refractivity contribution in [1.29, 1.82) is 0 Å². The summed E-state index contributed by atoms with van der Waals surface area (Å²) in [6.45, 7) is 5.06. The van der Waals surface area contributed by atoms with Crippen LogP contribution in [0, 0.1) is 11.3 Å². The van der Waals surface area contributed by atoms with Crippen LogP contribution < -0.4 is 5.32 Å². The van der Waals surface area contributed by atoms with Crippen molar-refractivity contribution in [2.45, 2.75) is 39.2 Å². The van der Waals surface area contributed by atoms with Crippen LogP contribution in [-0.4, -0.2) is 48.0 Å². The number of likely N-dealkylation sites (tertiary alicyclic amines) is 1. The summed E-state index contributed by atoms with van der Waals surface area (Å²) >= 11 is 0. The summed E-state index contributed by atoms with van der Waals surface area (Å²) in [6.07, 6.45) is 7.17. The highest BCUT2D eigenvalue weighted by atomic mass is 16.5. The molecule has 6 nitrogen and oxygen atoms in total. The summed E-state index contributed by atoms with van der Waals surface area (Å²) in [4.78, 5) is 30.5. The molecule has 3 rings (SSSR count). The molecule has 1 aliphatic carbocycles. The third-order valence-corrected chi connectivity index (χ3v) is 5.35. The van der Waals surface area contributed by atoms with Gasteiger partial charge in [-0.2, -0.15) is 0 Å². The van der Waals surface area contributed by atoms with Crippen molar-refractivity contribution in [2.75, 3.05) is 26.3 Å². The first-order valence-electron chi connectivity index (χ1n) is 9.14. The molecule has 1 saturated carbocycles. The van der Waals surface area contributed by atoms with Gasteiger partial charge >= 0.3 is 0 Å². The second-order valence-electron chi connectivity index (χ2n) is 7.25. The minimum atomic E-state index is -0.256. The second kappa shape index (κ2) is 7.95. The molecule has 1 saturated heterocycles. The Hall–Kier alpha value is -1.95. The molecule has 2 amide bonds. The summed E-state index contributed by atoms with van der Waals surface area (Å²) in [5.41, 5.74) is 1.09. The van der Waals surface area contributed by atoms with Gasteiger partial charge in [-0.3, -0.25) is 14.6 Å². The van der Waals surface area contributed by atoms with E-state index in [0.717, 1.165) is 18.4 Å². The molecule has 25 heavy (non-hydrogen) atoms. The van der Waals surface area contributed by atoms with E-state index in [1.54, 1.807) is 17.3 Å². The van der Waals surface area contributed by atoms with Gasteiger partial charge in [0, 0.05) is 50.5 Å². The zero-order chi connectivity index (χ0) is 17.7. The van der Waals surface area contributed by atoms with Gasteiger partial charge in [0.05, 0.1) is 12.5 Å². The molecule has 1 aliphatic heterocycles. The zero-order valence-corrected chi connectivity index (χ0v) is 14.9. The van der Waals surface area contributed by atoms with Gasteiger partial charge in [-0.1, -0.05) is 12.5 Å². The third kappa shape index (κ3) is 4.37. The van der Waals surface area contributed by atoms with Crippen molar-refractivity contribution in [3.05, 3.63) is 30.1 Å². The van der Waals surface area contributed by atoms with Crippen LogP contribution in [0.1, 0.15) is 38.2 Å². The van der Waals surface area contributed by atoms with Crippen LogP contribution in [0.15, 0.2) is 24.5 Å². The highest BCUT2D eigenvalue weighted by Crippen LogP contribution is 2.40. The topological polar surface area (TPSA) is 71.5 Å². The van der Waals surface area contributed by atoms with Gasteiger partial charge in [-0.05, 0) is 31.4 Å². The number of rotatable bonds is 8. The van der Waals surface area contributed by atoms with E-state index in [4.69, 9.17) is 4.74 Å². The molecule has 2 fully saturated rings. The van der Waals surface area contributed by atoms with E-state index in [1.165, 1.54) is 6.42 Å². The first kappa shape index (κ1) is 17.9. The normalized spacial score (nSPS) is 21.9. The number of hydrogen-bond donors (Lipinski definition) is 1. The molecule has 1 N–H and O–H groups in total. The van der Waals surface area contributed by atoms with E-state index in [9.17, 15) is 9.59 Å². The maximum absolute atomic E-state index is 12.5. The van der Waals surface area contributed by atoms with Crippen molar-refractivity contribution in [1.82, 2.24) is 15.2 Å². The molecule has 6 heteroatoms.